The average Bonchev–Trinajstić information content (AvgIpc) is 3.23. The van der Waals surface area contributed by atoms with E-state index < -0.39 is 0 Å². The van der Waals surface area contributed by atoms with Crippen molar-refractivity contribution in [2.75, 3.05) is 6.61 Å². The standard InChI is InChI=1S/C29H22Br2N2O3S/c1-2-35-25-15-18(16-26-28(34)33-29(37-26)32-24-13-6-5-12-22(24)30)14-23(31)27(25)36-17-20-10-7-9-19-8-3-4-11-21(19)20/h3-16H,2,17H2,1H3,(H,32,33,34)/b26-16+. The van der Waals surface area contributed by atoms with E-state index in [0.717, 1.165) is 31.1 Å². The average molecular weight is 638 g/mol. The molecule has 5 nitrogen and oxygen atoms in total. The molecule has 4 aromatic carbocycles. The number of hydrogen-bond acceptors (Lipinski definition) is 5. The quantitative estimate of drug-likeness (QED) is 0.207. The Balaban J connectivity index is 1.39. The number of carbonyl (C=O) groups is 1. The van der Waals surface area contributed by atoms with E-state index in [0.29, 0.717) is 34.8 Å². The molecular weight excluding hydrogens is 616 g/mol. The number of benzene rings is 4. The predicted octanol–water partition coefficient (Wildman–Crippen LogP) is 8.23. The van der Waals surface area contributed by atoms with Crippen molar-refractivity contribution in [1.29, 1.82) is 0 Å². The molecule has 0 spiro atoms. The molecule has 0 saturated carbocycles. The molecule has 1 aliphatic rings. The third-order valence-electron chi connectivity index (χ3n) is 5.61. The first kappa shape index (κ1) is 25.6. The molecule has 1 saturated heterocycles. The number of rotatable bonds is 7. The maximum atomic E-state index is 12.6. The van der Waals surface area contributed by atoms with Crippen LogP contribution in [0.4, 0.5) is 5.69 Å². The molecule has 0 radical (unpaired) electrons. The van der Waals surface area contributed by atoms with Crippen molar-refractivity contribution in [3.8, 4) is 11.5 Å². The van der Waals surface area contributed by atoms with Gasteiger partial charge in [-0.05, 0) is 103 Å². The van der Waals surface area contributed by atoms with Gasteiger partial charge in [0.1, 0.15) is 6.61 Å². The van der Waals surface area contributed by atoms with Gasteiger partial charge < -0.3 is 14.8 Å². The van der Waals surface area contributed by atoms with Crippen LogP contribution in [0.15, 0.2) is 97.7 Å². The Hall–Kier alpha value is -3.07. The lowest BCUT2D eigenvalue weighted by Gasteiger charge is -2.15. The van der Waals surface area contributed by atoms with Gasteiger partial charge in [-0.15, -0.1) is 0 Å². The first-order chi connectivity index (χ1) is 18.0. The van der Waals surface area contributed by atoms with Crippen LogP contribution in [0.3, 0.4) is 0 Å². The van der Waals surface area contributed by atoms with Crippen molar-refractivity contribution in [2.45, 2.75) is 13.5 Å². The molecule has 37 heavy (non-hydrogen) atoms. The predicted molar refractivity (Wildman–Crippen MR) is 159 cm³/mol. The number of fused-ring (bicyclic) bond motifs is 1. The maximum absolute atomic E-state index is 12.6. The fourth-order valence-electron chi connectivity index (χ4n) is 3.93. The van der Waals surface area contributed by atoms with E-state index >= 15 is 0 Å². The van der Waals surface area contributed by atoms with E-state index in [1.807, 2.05) is 67.6 Å². The van der Waals surface area contributed by atoms with Gasteiger partial charge in [-0.2, -0.15) is 0 Å². The number of aliphatic imine (C=N–C) groups is 1. The number of ether oxygens (including phenoxy) is 2. The second kappa shape index (κ2) is 11.5. The number of para-hydroxylation sites is 1. The lowest BCUT2D eigenvalue weighted by molar-refractivity contribution is -0.115. The molecule has 186 valence electrons. The van der Waals surface area contributed by atoms with Crippen LogP contribution in [0.1, 0.15) is 18.1 Å². The van der Waals surface area contributed by atoms with Crippen molar-refractivity contribution >= 4 is 77.2 Å². The molecule has 1 fully saturated rings. The van der Waals surface area contributed by atoms with Crippen molar-refractivity contribution < 1.29 is 14.3 Å². The normalized spacial score (nSPS) is 15.4. The van der Waals surface area contributed by atoms with Gasteiger partial charge in [0.25, 0.3) is 5.91 Å². The highest BCUT2D eigenvalue weighted by Gasteiger charge is 2.24. The number of hydrogen-bond donors (Lipinski definition) is 1. The largest absolute Gasteiger partial charge is 0.490 e. The maximum Gasteiger partial charge on any atom is 0.264 e. The molecular formula is C29H22Br2N2O3S. The van der Waals surface area contributed by atoms with Gasteiger partial charge in [-0.25, -0.2) is 4.99 Å². The number of carbonyl (C=O) groups excluding carboxylic acids is 1. The summed E-state index contributed by atoms with van der Waals surface area (Å²) in [6, 6.07) is 25.9. The third kappa shape index (κ3) is 5.92. The van der Waals surface area contributed by atoms with Crippen LogP contribution >= 0.6 is 43.6 Å². The van der Waals surface area contributed by atoms with Crippen LogP contribution in [0.25, 0.3) is 16.8 Å². The van der Waals surface area contributed by atoms with Gasteiger partial charge in [-0.1, -0.05) is 54.6 Å². The lowest BCUT2D eigenvalue weighted by Crippen LogP contribution is -2.19. The fraction of sp³-hybridized carbons (Fsp3) is 0.103. The number of amides is 1. The van der Waals surface area contributed by atoms with Crippen LogP contribution < -0.4 is 14.8 Å². The smallest absolute Gasteiger partial charge is 0.264 e. The highest BCUT2D eigenvalue weighted by molar-refractivity contribution is 9.11. The Bertz CT molecular complexity index is 1550. The Morgan fingerprint density at radius 2 is 1.73 bits per heavy atom. The summed E-state index contributed by atoms with van der Waals surface area (Å²) < 4.78 is 13.8. The summed E-state index contributed by atoms with van der Waals surface area (Å²) in [7, 11) is 0. The third-order valence-corrected chi connectivity index (χ3v) is 7.78. The molecule has 0 aromatic heterocycles. The molecule has 1 N–H and O–H groups in total. The molecule has 1 aliphatic heterocycles. The second-order valence-corrected chi connectivity index (χ2v) is 10.9. The number of halogens is 2. The van der Waals surface area contributed by atoms with Gasteiger partial charge >= 0.3 is 0 Å². The van der Waals surface area contributed by atoms with E-state index in [9.17, 15) is 4.79 Å². The Labute approximate surface area is 236 Å². The van der Waals surface area contributed by atoms with E-state index in [-0.39, 0.29) is 5.91 Å². The van der Waals surface area contributed by atoms with Crippen molar-refractivity contribution in [2.24, 2.45) is 4.99 Å². The first-order valence-corrected chi connectivity index (χ1v) is 14.0. The number of nitrogens with one attached hydrogen (secondary N) is 1. The molecule has 4 aromatic rings. The Morgan fingerprint density at radius 1 is 0.946 bits per heavy atom. The molecule has 1 amide bonds. The SMILES string of the molecule is CCOc1cc(/C=C2/SC(=Nc3ccccc3Br)NC2=O)cc(Br)c1OCc1cccc2ccccc12. The summed E-state index contributed by atoms with van der Waals surface area (Å²) in [4.78, 5) is 17.7. The second-order valence-electron chi connectivity index (χ2n) is 8.12. The minimum atomic E-state index is -0.193. The van der Waals surface area contributed by atoms with Crippen molar-refractivity contribution in [1.82, 2.24) is 5.32 Å². The molecule has 0 unspecified atom stereocenters. The Kier molecular flexibility index (Phi) is 7.98. The number of amidine groups is 1. The summed E-state index contributed by atoms with van der Waals surface area (Å²) >= 11 is 8.44. The summed E-state index contributed by atoms with van der Waals surface area (Å²) in [5, 5.41) is 5.69. The van der Waals surface area contributed by atoms with Gasteiger partial charge in [0, 0.05) is 4.47 Å². The number of nitrogens with zero attached hydrogens (tertiary/aromatic N) is 1. The number of thioether (sulfide) groups is 1. The molecule has 5 rings (SSSR count). The summed E-state index contributed by atoms with van der Waals surface area (Å²) in [5.74, 6) is 1.03. The zero-order valence-corrected chi connectivity index (χ0v) is 23.8. The highest BCUT2D eigenvalue weighted by Crippen LogP contribution is 2.39. The van der Waals surface area contributed by atoms with Gasteiger partial charge in [0.15, 0.2) is 16.7 Å². The van der Waals surface area contributed by atoms with Gasteiger partial charge in [0.05, 0.1) is 21.7 Å². The van der Waals surface area contributed by atoms with E-state index in [4.69, 9.17) is 9.47 Å². The molecule has 8 heteroatoms. The fourth-order valence-corrected chi connectivity index (χ4v) is 5.71. The molecule has 0 bridgehead atoms. The summed E-state index contributed by atoms with van der Waals surface area (Å²) in [6.07, 6.45) is 1.82. The van der Waals surface area contributed by atoms with Crippen LogP contribution in [-0.4, -0.2) is 17.7 Å². The first-order valence-electron chi connectivity index (χ1n) is 11.6. The molecule has 0 aliphatic carbocycles. The zero-order chi connectivity index (χ0) is 25.8. The van der Waals surface area contributed by atoms with Gasteiger partial charge in [-0.3, -0.25) is 4.79 Å². The molecule has 1 heterocycles. The minimum Gasteiger partial charge on any atom is -0.490 e. The summed E-state index contributed by atoms with van der Waals surface area (Å²) in [6.45, 7) is 2.81. The highest BCUT2D eigenvalue weighted by atomic mass is 79.9. The Morgan fingerprint density at radius 3 is 2.57 bits per heavy atom. The van der Waals surface area contributed by atoms with Crippen LogP contribution in [0.2, 0.25) is 0 Å². The van der Waals surface area contributed by atoms with Crippen LogP contribution in [0.5, 0.6) is 11.5 Å². The monoisotopic (exact) mass is 636 g/mol. The van der Waals surface area contributed by atoms with Crippen molar-refractivity contribution in [3.63, 3.8) is 0 Å². The van der Waals surface area contributed by atoms with E-state index in [2.05, 4.69) is 66.4 Å². The topological polar surface area (TPSA) is 59.9 Å². The lowest BCUT2D eigenvalue weighted by atomic mass is 10.1. The van der Waals surface area contributed by atoms with E-state index in [1.165, 1.54) is 17.1 Å². The van der Waals surface area contributed by atoms with Crippen molar-refractivity contribution in [3.05, 3.63) is 104 Å². The zero-order valence-electron chi connectivity index (χ0n) is 19.8. The van der Waals surface area contributed by atoms with Crippen LogP contribution in [-0.2, 0) is 11.4 Å². The molecule has 0 atom stereocenters. The van der Waals surface area contributed by atoms with Gasteiger partial charge in [0.2, 0.25) is 0 Å². The minimum absolute atomic E-state index is 0.193. The van der Waals surface area contributed by atoms with Crippen LogP contribution in [0, 0.1) is 0 Å². The van der Waals surface area contributed by atoms with E-state index in [1.54, 1.807) is 0 Å². The summed E-state index contributed by atoms with van der Waals surface area (Å²) in [5.41, 5.74) is 2.66.